The third kappa shape index (κ3) is 5.26. The molecule has 0 unspecified atom stereocenters. The molecule has 3 aromatic rings. The molecular weight excluding hydrogens is 381 g/mol. The Morgan fingerprint density at radius 3 is 2.67 bits per heavy atom. The molecule has 0 aliphatic carbocycles. The van der Waals surface area contributed by atoms with E-state index in [2.05, 4.69) is 28.4 Å². The number of hydrogen-bond acceptors (Lipinski definition) is 4. The Morgan fingerprint density at radius 2 is 1.93 bits per heavy atom. The summed E-state index contributed by atoms with van der Waals surface area (Å²) in [4.78, 5) is 20.5. The van der Waals surface area contributed by atoms with E-state index in [4.69, 9.17) is 4.74 Å². The first kappa shape index (κ1) is 20.7. The van der Waals surface area contributed by atoms with Gasteiger partial charge in [-0.1, -0.05) is 37.5 Å². The van der Waals surface area contributed by atoms with Crippen LogP contribution in [0.25, 0.3) is 11.1 Å². The molecule has 0 atom stereocenters. The second kappa shape index (κ2) is 9.93. The lowest BCUT2D eigenvalue weighted by Gasteiger charge is -2.14. The van der Waals surface area contributed by atoms with Crippen LogP contribution in [0, 0.1) is 5.95 Å². The Morgan fingerprint density at radius 1 is 1.13 bits per heavy atom. The van der Waals surface area contributed by atoms with E-state index in [-0.39, 0.29) is 17.9 Å². The normalized spacial score (nSPS) is 10.6. The molecular formula is C24H20FN3O2. The van der Waals surface area contributed by atoms with Gasteiger partial charge >= 0.3 is 0 Å². The Labute approximate surface area is 174 Å². The van der Waals surface area contributed by atoms with Crippen LogP contribution in [0.3, 0.4) is 0 Å². The van der Waals surface area contributed by atoms with Crippen LogP contribution in [-0.2, 0) is 0 Å². The van der Waals surface area contributed by atoms with Crippen molar-refractivity contribution in [3.05, 3.63) is 110 Å². The zero-order valence-electron chi connectivity index (χ0n) is 16.2. The van der Waals surface area contributed by atoms with Crippen LogP contribution in [0.2, 0.25) is 0 Å². The molecule has 1 aromatic carbocycles. The third-order valence-electron chi connectivity index (χ3n) is 4.13. The Kier molecular flexibility index (Phi) is 6.84. The van der Waals surface area contributed by atoms with E-state index in [1.807, 2.05) is 18.2 Å². The molecule has 5 nitrogen and oxygen atoms in total. The van der Waals surface area contributed by atoms with Crippen molar-refractivity contribution in [3.8, 4) is 16.9 Å². The number of carbonyl (C=O) groups is 1. The van der Waals surface area contributed by atoms with Gasteiger partial charge in [0.2, 0.25) is 5.95 Å². The quantitative estimate of drug-likeness (QED) is 0.416. The lowest BCUT2D eigenvalue weighted by molar-refractivity contribution is 0.102. The molecule has 0 saturated carbocycles. The Hall–Kier alpha value is -4.06. The van der Waals surface area contributed by atoms with Crippen molar-refractivity contribution in [2.24, 2.45) is 0 Å². The monoisotopic (exact) mass is 401 g/mol. The molecule has 0 bridgehead atoms. The topological polar surface area (TPSA) is 64.1 Å². The SMILES string of the molecule is C=CC=CC(=C)COc1ccc(-c2ccncc2)cc1C(=O)Nc1cccnc1F. The highest BCUT2D eigenvalue weighted by Gasteiger charge is 2.16. The van der Waals surface area contributed by atoms with E-state index >= 15 is 0 Å². The summed E-state index contributed by atoms with van der Waals surface area (Å²) in [5, 5.41) is 2.55. The largest absolute Gasteiger partial charge is 0.488 e. The van der Waals surface area contributed by atoms with E-state index in [1.165, 1.54) is 12.3 Å². The minimum absolute atomic E-state index is 0.0129. The molecule has 6 heteroatoms. The van der Waals surface area contributed by atoms with E-state index in [0.29, 0.717) is 11.3 Å². The number of anilines is 1. The number of rotatable bonds is 8. The van der Waals surface area contributed by atoms with Crippen molar-refractivity contribution in [3.63, 3.8) is 0 Å². The summed E-state index contributed by atoms with van der Waals surface area (Å²) in [5.41, 5.74) is 2.63. The summed E-state index contributed by atoms with van der Waals surface area (Å²) < 4.78 is 19.7. The maximum absolute atomic E-state index is 13.9. The summed E-state index contributed by atoms with van der Waals surface area (Å²) in [7, 11) is 0. The van der Waals surface area contributed by atoms with Crippen molar-refractivity contribution >= 4 is 11.6 Å². The number of aromatic nitrogens is 2. The van der Waals surface area contributed by atoms with Gasteiger partial charge in [0, 0.05) is 18.6 Å². The average molecular weight is 401 g/mol. The zero-order chi connectivity index (χ0) is 21.3. The predicted octanol–water partition coefficient (Wildman–Crippen LogP) is 5.21. The molecule has 2 aromatic heterocycles. The Balaban J connectivity index is 1.92. The van der Waals surface area contributed by atoms with Crippen LogP contribution < -0.4 is 10.1 Å². The summed E-state index contributed by atoms with van der Waals surface area (Å²) >= 11 is 0. The number of nitrogens with zero attached hydrogens (tertiary/aromatic N) is 2. The Bertz CT molecular complexity index is 1090. The summed E-state index contributed by atoms with van der Waals surface area (Å²) in [6.45, 7) is 7.69. The lowest BCUT2D eigenvalue weighted by Crippen LogP contribution is -2.15. The van der Waals surface area contributed by atoms with Crippen molar-refractivity contribution in [2.75, 3.05) is 11.9 Å². The number of amides is 1. The van der Waals surface area contributed by atoms with E-state index in [9.17, 15) is 9.18 Å². The summed E-state index contributed by atoms with van der Waals surface area (Å²) in [6.07, 6.45) is 9.79. The molecule has 0 saturated heterocycles. The standard InChI is InChI=1S/C24H20FN3O2/c1-3-4-6-17(2)16-30-22-9-8-19(18-10-13-26-14-11-18)15-20(22)24(29)28-21-7-5-12-27-23(21)25/h3-15H,1-2,16H2,(H,28,29). The first-order valence-corrected chi connectivity index (χ1v) is 9.14. The predicted molar refractivity (Wildman–Crippen MR) is 116 cm³/mol. The molecule has 150 valence electrons. The fourth-order valence-corrected chi connectivity index (χ4v) is 2.65. The number of benzene rings is 1. The molecule has 1 N–H and O–H groups in total. The van der Waals surface area contributed by atoms with Gasteiger partial charge in [0.15, 0.2) is 0 Å². The lowest BCUT2D eigenvalue weighted by atomic mass is 10.0. The van der Waals surface area contributed by atoms with Gasteiger partial charge < -0.3 is 10.1 Å². The number of pyridine rings is 2. The highest BCUT2D eigenvalue weighted by molar-refractivity contribution is 6.07. The number of carbonyl (C=O) groups excluding carboxylic acids is 1. The van der Waals surface area contributed by atoms with Gasteiger partial charge in [-0.3, -0.25) is 9.78 Å². The minimum atomic E-state index is -0.762. The van der Waals surface area contributed by atoms with E-state index < -0.39 is 11.9 Å². The van der Waals surface area contributed by atoms with Crippen LogP contribution in [-0.4, -0.2) is 22.5 Å². The van der Waals surface area contributed by atoms with Gasteiger partial charge in [0.05, 0.1) is 11.3 Å². The minimum Gasteiger partial charge on any atom is -0.488 e. The van der Waals surface area contributed by atoms with Crippen LogP contribution in [0.4, 0.5) is 10.1 Å². The maximum Gasteiger partial charge on any atom is 0.259 e. The molecule has 0 radical (unpaired) electrons. The number of halogens is 1. The third-order valence-corrected chi connectivity index (χ3v) is 4.13. The number of hydrogen-bond donors (Lipinski definition) is 1. The first-order chi connectivity index (χ1) is 14.6. The van der Waals surface area contributed by atoms with Crippen LogP contribution >= 0.6 is 0 Å². The highest BCUT2D eigenvalue weighted by atomic mass is 19.1. The molecule has 3 rings (SSSR count). The number of allylic oxidation sites excluding steroid dienone is 2. The summed E-state index contributed by atoms with van der Waals surface area (Å²) in [6, 6.07) is 11.9. The molecule has 30 heavy (non-hydrogen) atoms. The van der Waals surface area contributed by atoms with Gasteiger partial charge in [-0.2, -0.15) is 4.39 Å². The van der Waals surface area contributed by atoms with Gasteiger partial charge in [0.25, 0.3) is 5.91 Å². The smallest absolute Gasteiger partial charge is 0.259 e. The zero-order valence-corrected chi connectivity index (χ0v) is 16.2. The average Bonchev–Trinajstić information content (AvgIpc) is 2.78. The molecule has 0 fully saturated rings. The molecule has 0 aliphatic rings. The fourth-order valence-electron chi connectivity index (χ4n) is 2.65. The fraction of sp³-hybridized carbons (Fsp3) is 0.0417. The van der Waals surface area contributed by atoms with Crippen molar-refractivity contribution in [1.29, 1.82) is 0 Å². The number of nitrogens with one attached hydrogen (secondary N) is 1. The van der Waals surface area contributed by atoms with Gasteiger partial charge in [-0.15, -0.1) is 0 Å². The second-order valence-corrected chi connectivity index (χ2v) is 6.28. The van der Waals surface area contributed by atoms with E-state index in [0.717, 1.165) is 11.1 Å². The van der Waals surface area contributed by atoms with Crippen LogP contribution in [0.5, 0.6) is 5.75 Å². The van der Waals surface area contributed by atoms with Crippen LogP contribution in [0.15, 0.2) is 98.0 Å². The molecule has 0 spiro atoms. The first-order valence-electron chi connectivity index (χ1n) is 9.14. The van der Waals surface area contributed by atoms with Gasteiger partial charge in [-0.25, -0.2) is 4.98 Å². The van der Waals surface area contributed by atoms with Crippen molar-refractivity contribution < 1.29 is 13.9 Å². The van der Waals surface area contributed by atoms with Crippen molar-refractivity contribution in [2.45, 2.75) is 0 Å². The molecule has 2 heterocycles. The maximum atomic E-state index is 13.9. The van der Waals surface area contributed by atoms with Gasteiger partial charge in [-0.05, 0) is 53.1 Å². The highest BCUT2D eigenvalue weighted by Crippen LogP contribution is 2.28. The second-order valence-electron chi connectivity index (χ2n) is 6.28. The molecule has 1 amide bonds. The van der Waals surface area contributed by atoms with E-state index in [1.54, 1.807) is 48.8 Å². The van der Waals surface area contributed by atoms with Gasteiger partial charge in [0.1, 0.15) is 12.4 Å². The number of ether oxygens (including phenoxy) is 1. The van der Waals surface area contributed by atoms with Crippen molar-refractivity contribution in [1.82, 2.24) is 9.97 Å². The summed E-state index contributed by atoms with van der Waals surface area (Å²) in [5.74, 6) is -0.927. The molecule has 0 aliphatic heterocycles. The van der Waals surface area contributed by atoms with Crippen LogP contribution in [0.1, 0.15) is 10.4 Å².